The fraction of sp³-hybridized carbons (Fsp3) is 0.600. The predicted molar refractivity (Wildman–Crippen MR) is 398 cm³/mol. The van der Waals surface area contributed by atoms with Gasteiger partial charge in [-0.15, -0.1) is 0 Å². The number of allylic oxidation sites excluding steroid dienone is 32. The Morgan fingerprint density at radius 2 is 0.444 bits per heavy atom. The number of rotatable bonds is 66. The summed E-state index contributed by atoms with van der Waals surface area (Å²) in [7, 11) is 0. The van der Waals surface area contributed by atoms with Crippen molar-refractivity contribution in [3.05, 3.63) is 194 Å². The first-order valence-corrected chi connectivity index (χ1v) is 37.0. The smallest absolute Gasteiger partial charge is 0.306 e. The maximum Gasteiger partial charge on any atom is 0.306 e. The summed E-state index contributed by atoms with van der Waals surface area (Å²) in [4.78, 5) is 24.7. The van der Waals surface area contributed by atoms with Crippen molar-refractivity contribution in [1.29, 1.82) is 0 Å². The molecule has 1 N–H and O–H groups in total. The van der Waals surface area contributed by atoms with Crippen LogP contribution in [0.4, 0.5) is 0 Å². The molecule has 506 valence electrons. The molecule has 0 aromatic rings. The average Bonchev–Trinajstić information content (AvgIpc) is 3.60. The van der Waals surface area contributed by atoms with Crippen LogP contribution in [-0.2, 0) is 19.1 Å². The Hall–Kier alpha value is -5.26. The molecule has 5 heteroatoms. The van der Waals surface area contributed by atoms with Gasteiger partial charge in [0, 0.05) is 12.8 Å². The Bertz CT molecular complexity index is 2040. The number of unbranched alkanes of at least 4 members (excludes halogenated alkanes) is 26. The van der Waals surface area contributed by atoms with Crippen LogP contribution >= 0.6 is 0 Å². The largest absolute Gasteiger partial charge is 0.462 e. The standard InChI is InChI=1S/C85H136O5/c1-3-5-7-9-11-13-15-17-19-21-23-25-27-29-31-33-35-37-39-40-41-42-43-44-46-48-50-52-54-56-58-60-62-64-66-68-70-72-74-76-78-80-85(88)90-83(81-86)82-89-84(87)79-77-75-73-71-69-67-65-63-61-59-57-55-53-51-49-47-45-38-36-34-32-30-28-26-24-22-20-18-16-14-12-10-8-6-4-2/h5-8,11-14,17-20,23-26,29,31,35,37,40-41,43-44,48,50,54,56,60,62,66,68,83,86H,3-4,9-10,15-16,21-22,27-28,30,32-34,36,38-39,42,45-47,49,51-53,55,57-59,61,63-65,67,69-82H2,1-2H3/b7-5-,8-6-,13-11-,14-12-,19-17-,20-18-,25-23-,26-24-,31-29-,37-35-,41-40-,44-43-,50-48-,56-54-,62-60-,68-66-. The molecule has 0 aromatic carbocycles. The lowest BCUT2D eigenvalue weighted by molar-refractivity contribution is -0.161. The van der Waals surface area contributed by atoms with Crippen molar-refractivity contribution in [2.24, 2.45) is 0 Å². The number of carbonyl (C=O) groups is 2. The van der Waals surface area contributed by atoms with Crippen LogP contribution in [-0.4, -0.2) is 36.4 Å². The molecular formula is C85H136O5. The summed E-state index contributed by atoms with van der Waals surface area (Å²) in [6, 6.07) is 0. The normalized spacial score (nSPS) is 13.4. The third-order valence-corrected chi connectivity index (χ3v) is 15.4. The van der Waals surface area contributed by atoms with Gasteiger partial charge in [0.1, 0.15) is 6.61 Å². The van der Waals surface area contributed by atoms with Crippen molar-refractivity contribution >= 4 is 11.9 Å². The molecule has 0 rings (SSSR count). The van der Waals surface area contributed by atoms with Gasteiger partial charge in [-0.3, -0.25) is 9.59 Å². The molecular weight excluding hydrogens is 1100 g/mol. The molecule has 5 nitrogen and oxygen atoms in total. The summed E-state index contributed by atoms with van der Waals surface area (Å²) in [5.74, 6) is -0.622. The van der Waals surface area contributed by atoms with Gasteiger partial charge in [0.15, 0.2) is 6.10 Å². The fourth-order valence-electron chi connectivity index (χ4n) is 9.94. The Kier molecular flexibility index (Phi) is 73.4. The van der Waals surface area contributed by atoms with Gasteiger partial charge in [-0.05, 0) is 141 Å². The van der Waals surface area contributed by atoms with Crippen LogP contribution in [0.1, 0.15) is 309 Å². The van der Waals surface area contributed by atoms with Crippen molar-refractivity contribution in [1.82, 2.24) is 0 Å². The molecule has 0 saturated heterocycles. The summed E-state index contributed by atoms with van der Waals surface area (Å²) in [6.07, 6.45) is 123. The van der Waals surface area contributed by atoms with Gasteiger partial charge in [0.25, 0.3) is 0 Å². The topological polar surface area (TPSA) is 72.8 Å². The molecule has 0 fully saturated rings. The monoisotopic (exact) mass is 1240 g/mol. The van der Waals surface area contributed by atoms with E-state index < -0.39 is 6.10 Å². The quantitative estimate of drug-likeness (QED) is 0.0373. The number of ether oxygens (including phenoxy) is 2. The van der Waals surface area contributed by atoms with E-state index in [1.54, 1.807) is 0 Å². The summed E-state index contributed by atoms with van der Waals surface area (Å²) < 4.78 is 10.7. The van der Waals surface area contributed by atoms with Crippen LogP contribution in [0.5, 0.6) is 0 Å². The van der Waals surface area contributed by atoms with E-state index in [0.717, 1.165) is 154 Å². The number of aliphatic hydroxyl groups excluding tert-OH is 1. The lowest BCUT2D eigenvalue weighted by atomic mass is 10.0. The van der Waals surface area contributed by atoms with Crippen molar-refractivity contribution in [2.45, 2.75) is 315 Å². The minimum atomic E-state index is -0.800. The van der Waals surface area contributed by atoms with Crippen molar-refractivity contribution < 1.29 is 24.2 Å². The van der Waals surface area contributed by atoms with Crippen molar-refractivity contribution in [3.8, 4) is 0 Å². The van der Waals surface area contributed by atoms with Gasteiger partial charge >= 0.3 is 11.9 Å². The molecule has 0 radical (unpaired) electrons. The maximum atomic E-state index is 12.4. The zero-order valence-electron chi connectivity index (χ0n) is 58.1. The predicted octanol–water partition coefficient (Wildman–Crippen LogP) is 26.3. The first kappa shape index (κ1) is 84.7. The number of hydrogen-bond donors (Lipinski definition) is 1. The average molecular weight is 1240 g/mol. The number of hydrogen-bond acceptors (Lipinski definition) is 5. The highest BCUT2D eigenvalue weighted by Crippen LogP contribution is 2.17. The highest BCUT2D eigenvalue weighted by molar-refractivity contribution is 5.70. The third-order valence-electron chi connectivity index (χ3n) is 15.4. The van der Waals surface area contributed by atoms with Gasteiger partial charge in [-0.1, -0.05) is 350 Å². The van der Waals surface area contributed by atoms with Gasteiger partial charge in [0.2, 0.25) is 0 Å². The summed E-state index contributed by atoms with van der Waals surface area (Å²) >= 11 is 0. The lowest BCUT2D eigenvalue weighted by Crippen LogP contribution is -2.28. The molecule has 0 aliphatic heterocycles. The van der Waals surface area contributed by atoms with E-state index in [0.29, 0.717) is 12.8 Å². The molecule has 0 aromatic heterocycles. The van der Waals surface area contributed by atoms with Crippen LogP contribution in [0.25, 0.3) is 0 Å². The van der Waals surface area contributed by atoms with E-state index in [4.69, 9.17) is 9.47 Å². The Labute approximate surface area is 556 Å². The zero-order chi connectivity index (χ0) is 64.7. The SMILES string of the molecule is CC/C=C\C/C=C\C/C=C\C/C=C\C/C=C\C/C=C\C/C=C\C/C=C\C/C=C\C/C=C\C/C=C\C/C=C\CCCCCCC(=O)OC(CO)COC(=O)CCCCCCCCCCCCCCCCCCCCCCCC/C=C\C/C=C\C/C=C\C/C=C\CC. The second-order valence-electron chi connectivity index (χ2n) is 23.9. The third kappa shape index (κ3) is 75.2. The van der Waals surface area contributed by atoms with E-state index in [-0.39, 0.29) is 25.2 Å². The van der Waals surface area contributed by atoms with E-state index >= 15 is 0 Å². The molecule has 0 heterocycles. The zero-order valence-corrected chi connectivity index (χ0v) is 58.1. The van der Waals surface area contributed by atoms with Gasteiger partial charge < -0.3 is 14.6 Å². The van der Waals surface area contributed by atoms with Crippen LogP contribution in [0.15, 0.2) is 194 Å². The number of carbonyl (C=O) groups excluding carboxylic acids is 2. The highest BCUT2D eigenvalue weighted by Gasteiger charge is 2.16. The minimum Gasteiger partial charge on any atom is -0.462 e. The molecule has 90 heavy (non-hydrogen) atoms. The second kappa shape index (κ2) is 78.0. The van der Waals surface area contributed by atoms with Crippen molar-refractivity contribution in [2.75, 3.05) is 13.2 Å². The molecule has 1 atom stereocenters. The van der Waals surface area contributed by atoms with E-state index in [1.807, 2.05) is 0 Å². The molecule has 0 aliphatic rings. The lowest BCUT2D eigenvalue weighted by Gasteiger charge is -2.15. The fourth-order valence-corrected chi connectivity index (χ4v) is 9.94. The molecule has 1 unspecified atom stereocenters. The van der Waals surface area contributed by atoms with Crippen molar-refractivity contribution in [3.63, 3.8) is 0 Å². The molecule has 0 aliphatic carbocycles. The Morgan fingerprint density at radius 1 is 0.256 bits per heavy atom. The Morgan fingerprint density at radius 3 is 0.667 bits per heavy atom. The second-order valence-corrected chi connectivity index (χ2v) is 23.9. The first-order chi connectivity index (χ1) is 44.6. The minimum absolute atomic E-state index is 0.0847. The van der Waals surface area contributed by atoms with Gasteiger partial charge in [-0.2, -0.15) is 0 Å². The summed E-state index contributed by atoms with van der Waals surface area (Å²) in [5.41, 5.74) is 0. The highest BCUT2D eigenvalue weighted by atomic mass is 16.6. The van der Waals surface area contributed by atoms with E-state index in [1.165, 1.54) is 128 Å². The van der Waals surface area contributed by atoms with Gasteiger partial charge in [0.05, 0.1) is 6.61 Å². The van der Waals surface area contributed by atoms with Crippen LogP contribution in [0, 0.1) is 0 Å². The van der Waals surface area contributed by atoms with E-state index in [9.17, 15) is 14.7 Å². The van der Waals surface area contributed by atoms with Crippen LogP contribution in [0.2, 0.25) is 0 Å². The molecule has 0 amide bonds. The Balaban J connectivity index is 3.58. The van der Waals surface area contributed by atoms with Crippen LogP contribution in [0.3, 0.4) is 0 Å². The van der Waals surface area contributed by atoms with Gasteiger partial charge in [-0.25, -0.2) is 0 Å². The van der Waals surface area contributed by atoms with Crippen LogP contribution < -0.4 is 0 Å². The number of esters is 2. The molecule has 0 spiro atoms. The first-order valence-electron chi connectivity index (χ1n) is 37.0. The molecule has 0 saturated carbocycles. The maximum absolute atomic E-state index is 12.4. The summed E-state index contributed by atoms with van der Waals surface area (Å²) in [6.45, 7) is 3.90. The summed E-state index contributed by atoms with van der Waals surface area (Å²) in [5, 5.41) is 9.71. The molecule has 0 bridgehead atoms. The van der Waals surface area contributed by atoms with E-state index in [2.05, 4.69) is 208 Å². The number of aliphatic hydroxyl groups is 1.